The third-order valence-corrected chi connectivity index (χ3v) is 3.42. The van der Waals surface area contributed by atoms with Gasteiger partial charge in [-0.15, -0.1) is 0 Å². The summed E-state index contributed by atoms with van der Waals surface area (Å²) in [4.78, 5) is 11.6. The van der Waals surface area contributed by atoms with E-state index in [1.807, 2.05) is 0 Å². The minimum Gasteiger partial charge on any atom is -0.479 e. The molecule has 0 saturated heterocycles. The molecule has 0 aliphatic carbocycles. The van der Waals surface area contributed by atoms with Gasteiger partial charge >= 0.3 is 5.97 Å². The normalized spacial score (nSPS) is 13.5. The van der Waals surface area contributed by atoms with E-state index in [9.17, 15) is 18.7 Å². The maximum atomic E-state index is 14.0. The highest BCUT2D eigenvalue weighted by Crippen LogP contribution is 2.30. The number of aryl methyl sites for hydroxylation is 1. The summed E-state index contributed by atoms with van der Waals surface area (Å²) in [6.07, 6.45) is 0. The van der Waals surface area contributed by atoms with E-state index in [1.54, 1.807) is 31.2 Å². The smallest absolute Gasteiger partial charge is 0.333 e. The van der Waals surface area contributed by atoms with Crippen molar-refractivity contribution in [2.75, 3.05) is 5.32 Å². The maximum absolute atomic E-state index is 14.0. The molecule has 0 aliphatic rings. The Kier molecular flexibility index (Phi) is 3.93. The van der Waals surface area contributed by atoms with Crippen LogP contribution >= 0.6 is 0 Å². The maximum Gasteiger partial charge on any atom is 0.333 e. The second-order valence-electron chi connectivity index (χ2n) is 4.99. The fourth-order valence-electron chi connectivity index (χ4n) is 2.10. The second kappa shape index (κ2) is 5.52. The van der Waals surface area contributed by atoms with E-state index in [-0.39, 0.29) is 5.56 Å². The highest BCUT2D eigenvalue weighted by molar-refractivity contribution is 5.84. The standard InChI is InChI=1S/C16H15F2NO2/c1-10-5-3-4-6-14(10)19-16(2,15(20)21)12-9-11(17)7-8-13(12)18/h3-9,19H,1-2H3,(H,20,21). The Labute approximate surface area is 121 Å². The van der Waals surface area contributed by atoms with Gasteiger partial charge in [-0.25, -0.2) is 13.6 Å². The van der Waals surface area contributed by atoms with Crippen molar-refractivity contribution in [3.63, 3.8) is 0 Å². The largest absolute Gasteiger partial charge is 0.479 e. The third-order valence-electron chi connectivity index (χ3n) is 3.42. The quantitative estimate of drug-likeness (QED) is 0.903. The van der Waals surface area contributed by atoms with Crippen LogP contribution in [0.1, 0.15) is 18.1 Å². The van der Waals surface area contributed by atoms with Crippen LogP contribution in [0, 0.1) is 18.6 Å². The Hall–Kier alpha value is -2.43. The molecule has 5 heteroatoms. The molecule has 0 aliphatic heterocycles. The lowest BCUT2D eigenvalue weighted by Crippen LogP contribution is -2.41. The summed E-state index contributed by atoms with van der Waals surface area (Å²) in [5.74, 6) is -2.76. The number of halogens is 2. The molecule has 2 N–H and O–H groups in total. The molecular weight excluding hydrogens is 276 g/mol. The molecule has 2 aromatic rings. The summed E-state index contributed by atoms with van der Waals surface area (Å²) < 4.78 is 27.3. The summed E-state index contributed by atoms with van der Waals surface area (Å²) in [6.45, 7) is 3.10. The van der Waals surface area contributed by atoms with Crippen LogP contribution in [0.3, 0.4) is 0 Å². The van der Waals surface area contributed by atoms with Crippen LogP contribution in [-0.2, 0) is 10.3 Å². The van der Waals surface area contributed by atoms with Crippen LogP contribution in [0.5, 0.6) is 0 Å². The Morgan fingerprint density at radius 2 is 1.86 bits per heavy atom. The Morgan fingerprint density at radius 3 is 2.48 bits per heavy atom. The number of hydrogen-bond acceptors (Lipinski definition) is 2. The highest BCUT2D eigenvalue weighted by atomic mass is 19.1. The van der Waals surface area contributed by atoms with E-state index in [4.69, 9.17) is 0 Å². The van der Waals surface area contributed by atoms with Gasteiger partial charge in [0.1, 0.15) is 11.6 Å². The molecule has 21 heavy (non-hydrogen) atoms. The van der Waals surface area contributed by atoms with Gasteiger partial charge in [-0.3, -0.25) is 0 Å². The average Bonchev–Trinajstić information content (AvgIpc) is 2.43. The number of nitrogens with one attached hydrogen (secondary N) is 1. The van der Waals surface area contributed by atoms with E-state index >= 15 is 0 Å². The molecule has 0 fully saturated rings. The molecule has 0 heterocycles. The molecule has 3 nitrogen and oxygen atoms in total. The number of aliphatic carboxylic acids is 1. The van der Waals surface area contributed by atoms with Crippen LogP contribution < -0.4 is 5.32 Å². The molecule has 2 aromatic carbocycles. The van der Waals surface area contributed by atoms with Gasteiger partial charge in [0.15, 0.2) is 5.54 Å². The van der Waals surface area contributed by atoms with Gasteiger partial charge < -0.3 is 10.4 Å². The number of carbonyl (C=O) groups is 1. The van der Waals surface area contributed by atoms with E-state index in [0.29, 0.717) is 5.69 Å². The highest BCUT2D eigenvalue weighted by Gasteiger charge is 2.38. The van der Waals surface area contributed by atoms with Crippen molar-refractivity contribution in [2.45, 2.75) is 19.4 Å². The third kappa shape index (κ3) is 2.86. The zero-order chi connectivity index (χ0) is 15.6. The molecule has 1 atom stereocenters. The van der Waals surface area contributed by atoms with Gasteiger partial charge in [-0.2, -0.15) is 0 Å². The molecule has 2 rings (SSSR count). The Bertz CT molecular complexity index is 688. The number of rotatable bonds is 4. The van der Waals surface area contributed by atoms with Gasteiger partial charge in [0, 0.05) is 11.3 Å². The minimum absolute atomic E-state index is 0.252. The first-order valence-electron chi connectivity index (χ1n) is 6.37. The van der Waals surface area contributed by atoms with Crippen LogP contribution in [0.15, 0.2) is 42.5 Å². The zero-order valence-corrected chi connectivity index (χ0v) is 11.7. The van der Waals surface area contributed by atoms with Crippen molar-refractivity contribution in [1.29, 1.82) is 0 Å². The van der Waals surface area contributed by atoms with Crippen LogP contribution in [0.25, 0.3) is 0 Å². The summed E-state index contributed by atoms with van der Waals surface area (Å²) in [5.41, 5.74) is -0.677. The van der Waals surface area contributed by atoms with Crippen molar-refractivity contribution in [3.8, 4) is 0 Å². The van der Waals surface area contributed by atoms with Crippen LogP contribution in [-0.4, -0.2) is 11.1 Å². The van der Waals surface area contributed by atoms with Gasteiger partial charge in [0.25, 0.3) is 0 Å². The summed E-state index contributed by atoms with van der Waals surface area (Å²) >= 11 is 0. The molecule has 0 aromatic heterocycles. The molecule has 0 bridgehead atoms. The number of benzene rings is 2. The van der Waals surface area contributed by atoms with Gasteiger partial charge in [-0.1, -0.05) is 18.2 Å². The van der Waals surface area contributed by atoms with Crippen molar-refractivity contribution >= 4 is 11.7 Å². The van der Waals surface area contributed by atoms with E-state index < -0.39 is 23.1 Å². The average molecular weight is 291 g/mol. The monoisotopic (exact) mass is 291 g/mol. The van der Waals surface area contributed by atoms with Gasteiger partial charge in [0.05, 0.1) is 0 Å². The number of anilines is 1. The molecule has 0 spiro atoms. The van der Waals surface area contributed by atoms with Crippen molar-refractivity contribution in [1.82, 2.24) is 0 Å². The van der Waals surface area contributed by atoms with Crippen LogP contribution in [0.4, 0.5) is 14.5 Å². The van der Waals surface area contributed by atoms with Crippen molar-refractivity contribution < 1.29 is 18.7 Å². The molecule has 1 unspecified atom stereocenters. The SMILES string of the molecule is Cc1ccccc1NC(C)(C(=O)O)c1cc(F)ccc1F. The van der Waals surface area contributed by atoms with E-state index in [0.717, 1.165) is 23.8 Å². The zero-order valence-electron chi connectivity index (χ0n) is 11.7. The lowest BCUT2D eigenvalue weighted by molar-refractivity contribution is -0.142. The Balaban J connectivity index is 2.53. The van der Waals surface area contributed by atoms with E-state index in [1.165, 1.54) is 6.92 Å². The predicted octanol–water partition coefficient (Wildman–Crippen LogP) is 3.69. The van der Waals surface area contributed by atoms with Gasteiger partial charge in [-0.05, 0) is 43.7 Å². The number of carboxylic acids is 1. The summed E-state index contributed by atoms with van der Waals surface area (Å²) in [7, 11) is 0. The van der Waals surface area contributed by atoms with Gasteiger partial charge in [0.2, 0.25) is 0 Å². The molecular formula is C16H15F2NO2. The number of para-hydroxylation sites is 1. The molecule has 0 radical (unpaired) electrons. The molecule has 0 amide bonds. The summed E-state index contributed by atoms with van der Waals surface area (Å²) in [5, 5.41) is 12.3. The van der Waals surface area contributed by atoms with Crippen molar-refractivity contribution in [2.24, 2.45) is 0 Å². The number of hydrogen-bond donors (Lipinski definition) is 2. The molecule has 110 valence electrons. The number of carboxylic acid groups (broad SMARTS) is 1. The van der Waals surface area contributed by atoms with Crippen molar-refractivity contribution in [3.05, 3.63) is 65.2 Å². The topological polar surface area (TPSA) is 49.3 Å². The van der Waals surface area contributed by atoms with E-state index in [2.05, 4.69) is 5.32 Å². The Morgan fingerprint density at radius 1 is 1.19 bits per heavy atom. The first-order chi connectivity index (χ1) is 9.84. The summed E-state index contributed by atoms with van der Waals surface area (Å²) in [6, 6.07) is 9.80. The first-order valence-corrected chi connectivity index (χ1v) is 6.37. The fourth-order valence-corrected chi connectivity index (χ4v) is 2.10. The lowest BCUT2D eigenvalue weighted by Gasteiger charge is -2.29. The molecule has 0 saturated carbocycles. The minimum atomic E-state index is -1.78. The first kappa shape index (κ1) is 15.0. The fraction of sp³-hybridized carbons (Fsp3) is 0.188. The predicted molar refractivity (Wildman–Crippen MR) is 76.1 cm³/mol. The van der Waals surface area contributed by atoms with Crippen LogP contribution in [0.2, 0.25) is 0 Å². The lowest BCUT2D eigenvalue weighted by atomic mass is 9.90. The second-order valence-corrected chi connectivity index (χ2v) is 4.99.